The second-order valence-corrected chi connectivity index (χ2v) is 5.27. The Hall–Kier alpha value is -1.51. The van der Waals surface area contributed by atoms with Gasteiger partial charge in [0.15, 0.2) is 0 Å². The number of fused-ring (bicyclic) bond motifs is 1. The van der Waals surface area contributed by atoms with Gasteiger partial charge in [0.05, 0.1) is 6.54 Å². The summed E-state index contributed by atoms with van der Waals surface area (Å²) in [5.74, 6) is 0.0780. The van der Waals surface area contributed by atoms with Gasteiger partial charge in [0, 0.05) is 11.7 Å². The molecule has 0 radical (unpaired) electrons. The van der Waals surface area contributed by atoms with Crippen LogP contribution in [0.15, 0.2) is 18.2 Å². The Morgan fingerprint density at radius 1 is 1.21 bits per heavy atom. The molecule has 2 rings (SSSR count). The van der Waals surface area contributed by atoms with Gasteiger partial charge in [-0.1, -0.05) is 19.9 Å². The highest BCUT2D eigenvalue weighted by molar-refractivity contribution is 5.81. The molecule has 1 aliphatic rings. The molecule has 19 heavy (non-hydrogen) atoms. The molecule has 1 aromatic carbocycles. The molecule has 0 saturated carbocycles. The number of hydrogen-bond donors (Lipinski definition) is 2. The van der Waals surface area contributed by atoms with Crippen LogP contribution in [0.3, 0.4) is 0 Å². The number of benzene rings is 1. The van der Waals surface area contributed by atoms with E-state index < -0.39 is 0 Å². The first-order valence-electron chi connectivity index (χ1n) is 7.38. The summed E-state index contributed by atoms with van der Waals surface area (Å²) in [5, 5.41) is 6.25. The molecule has 3 nitrogen and oxygen atoms in total. The lowest BCUT2D eigenvalue weighted by Crippen LogP contribution is -2.37. The number of carbonyl (C=O) groups is 1. The van der Waals surface area contributed by atoms with Gasteiger partial charge in [-0.15, -0.1) is 0 Å². The minimum Gasteiger partial charge on any atom is -0.376 e. The third-order valence-corrected chi connectivity index (χ3v) is 3.90. The van der Waals surface area contributed by atoms with Crippen LogP contribution in [0.1, 0.15) is 44.2 Å². The van der Waals surface area contributed by atoms with E-state index in [0.717, 1.165) is 18.5 Å². The van der Waals surface area contributed by atoms with Crippen LogP contribution in [-0.2, 0) is 17.6 Å². The van der Waals surface area contributed by atoms with Crippen LogP contribution in [0.4, 0.5) is 5.69 Å². The van der Waals surface area contributed by atoms with Crippen molar-refractivity contribution in [3.63, 3.8) is 0 Å². The number of amides is 1. The zero-order valence-corrected chi connectivity index (χ0v) is 12.0. The summed E-state index contributed by atoms with van der Waals surface area (Å²) in [6.45, 7) is 4.56. The SMILES string of the molecule is CCC(CC)NC(=O)CNc1ccc2c(c1)CCC2. The van der Waals surface area contributed by atoms with E-state index in [2.05, 4.69) is 42.7 Å². The van der Waals surface area contributed by atoms with Crippen molar-refractivity contribution in [2.45, 2.75) is 52.0 Å². The Morgan fingerprint density at radius 3 is 2.68 bits per heavy atom. The fourth-order valence-corrected chi connectivity index (χ4v) is 2.64. The molecule has 1 aliphatic carbocycles. The first-order chi connectivity index (χ1) is 9.22. The van der Waals surface area contributed by atoms with E-state index in [4.69, 9.17) is 0 Å². The molecule has 0 saturated heterocycles. The number of rotatable bonds is 6. The standard InChI is InChI=1S/C16H24N2O/c1-3-14(4-2)18-16(19)11-17-15-9-8-12-6-5-7-13(12)10-15/h8-10,14,17H,3-7,11H2,1-2H3,(H,18,19). The van der Waals surface area contributed by atoms with Gasteiger partial charge >= 0.3 is 0 Å². The quantitative estimate of drug-likeness (QED) is 0.825. The molecule has 0 heterocycles. The Bertz CT molecular complexity index is 438. The number of carbonyl (C=O) groups excluding carboxylic acids is 1. The van der Waals surface area contributed by atoms with Crippen molar-refractivity contribution in [1.29, 1.82) is 0 Å². The van der Waals surface area contributed by atoms with Gasteiger partial charge in [-0.2, -0.15) is 0 Å². The predicted molar refractivity (Wildman–Crippen MR) is 79.5 cm³/mol. The summed E-state index contributed by atoms with van der Waals surface area (Å²) >= 11 is 0. The zero-order chi connectivity index (χ0) is 13.7. The average Bonchev–Trinajstić information content (AvgIpc) is 2.89. The maximum absolute atomic E-state index is 11.8. The second kappa shape index (κ2) is 6.60. The van der Waals surface area contributed by atoms with Crippen LogP contribution in [0.2, 0.25) is 0 Å². The van der Waals surface area contributed by atoms with Gasteiger partial charge in [-0.3, -0.25) is 4.79 Å². The minimum absolute atomic E-state index is 0.0780. The van der Waals surface area contributed by atoms with Crippen molar-refractivity contribution in [2.24, 2.45) is 0 Å². The third-order valence-electron chi connectivity index (χ3n) is 3.90. The molecule has 0 fully saturated rings. The third kappa shape index (κ3) is 3.72. The zero-order valence-electron chi connectivity index (χ0n) is 12.0. The van der Waals surface area contributed by atoms with E-state index in [1.807, 2.05) is 0 Å². The van der Waals surface area contributed by atoms with Gasteiger partial charge < -0.3 is 10.6 Å². The number of aryl methyl sites for hydroxylation is 2. The first-order valence-corrected chi connectivity index (χ1v) is 7.38. The van der Waals surface area contributed by atoms with Gasteiger partial charge in [0.25, 0.3) is 0 Å². The molecular formula is C16H24N2O. The molecule has 1 aromatic rings. The fourth-order valence-electron chi connectivity index (χ4n) is 2.64. The molecule has 0 unspecified atom stereocenters. The molecular weight excluding hydrogens is 236 g/mol. The number of hydrogen-bond acceptors (Lipinski definition) is 2. The van der Waals surface area contributed by atoms with E-state index in [9.17, 15) is 4.79 Å². The highest BCUT2D eigenvalue weighted by Crippen LogP contribution is 2.24. The Balaban J connectivity index is 1.83. The smallest absolute Gasteiger partial charge is 0.239 e. The van der Waals surface area contributed by atoms with Crippen LogP contribution in [0.25, 0.3) is 0 Å². The molecule has 0 aromatic heterocycles. The Kier molecular flexibility index (Phi) is 4.83. The summed E-state index contributed by atoms with van der Waals surface area (Å²) in [7, 11) is 0. The summed E-state index contributed by atoms with van der Waals surface area (Å²) in [4.78, 5) is 11.8. The molecule has 2 N–H and O–H groups in total. The van der Waals surface area contributed by atoms with Crippen LogP contribution in [0.5, 0.6) is 0 Å². The van der Waals surface area contributed by atoms with Crippen molar-refractivity contribution in [1.82, 2.24) is 5.32 Å². The number of nitrogens with one attached hydrogen (secondary N) is 2. The summed E-state index contributed by atoms with van der Waals surface area (Å²) in [5.41, 5.74) is 3.96. The van der Waals surface area contributed by atoms with E-state index in [0.29, 0.717) is 12.6 Å². The molecule has 0 atom stereocenters. The van der Waals surface area contributed by atoms with Crippen LogP contribution in [0, 0.1) is 0 Å². The summed E-state index contributed by atoms with van der Waals surface area (Å²) in [6, 6.07) is 6.75. The monoisotopic (exact) mass is 260 g/mol. The maximum Gasteiger partial charge on any atom is 0.239 e. The normalized spacial score (nSPS) is 13.4. The van der Waals surface area contributed by atoms with Crippen molar-refractivity contribution < 1.29 is 4.79 Å². The maximum atomic E-state index is 11.8. The van der Waals surface area contributed by atoms with Crippen molar-refractivity contribution in [2.75, 3.05) is 11.9 Å². The molecule has 3 heteroatoms. The summed E-state index contributed by atoms with van der Waals surface area (Å²) < 4.78 is 0. The lowest BCUT2D eigenvalue weighted by molar-refractivity contribution is -0.120. The van der Waals surface area contributed by atoms with Crippen molar-refractivity contribution in [3.8, 4) is 0 Å². The lowest BCUT2D eigenvalue weighted by Gasteiger charge is -2.15. The molecule has 0 spiro atoms. The van der Waals surface area contributed by atoms with Crippen LogP contribution in [-0.4, -0.2) is 18.5 Å². The van der Waals surface area contributed by atoms with Gasteiger partial charge in [-0.25, -0.2) is 0 Å². The largest absolute Gasteiger partial charge is 0.376 e. The van der Waals surface area contributed by atoms with E-state index >= 15 is 0 Å². The highest BCUT2D eigenvalue weighted by Gasteiger charge is 2.11. The summed E-state index contributed by atoms with van der Waals surface area (Å²) in [6.07, 6.45) is 5.60. The molecule has 0 bridgehead atoms. The second-order valence-electron chi connectivity index (χ2n) is 5.27. The first kappa shape index (κ1) is 13.9. The predicted octanol–water partition coefficient (Wildman–Crippen LogP) is 2.89. The molecule has 104 valence electrons. The minimum atomic E-state index is 0.0780. The Morgan fingerprint density at radius 2 is 1.95 bits per heavy atom. The highest BCUT2D eigenvalue weighted by atomic mass is 16.1. The van der Waals surface area contributed by atoms with Crippen molar-refractivity contribution >= 4 is 11.6 Å². The van der Waals surface area contributed by atoms with Crippen LogP contribution < -0.4 is 10.6 Å². The van der Waals surface area contributed by atoms with E-state index in [-0.39, 0.29) is 5.91 Å². The Labute approximate surface area is 115 Å². The fraction of sp³-hybridized carbons (Fsp3) is 0.562. The van der Waals surface area contributed by atoms with Crippen LogP contribution >= 0.6 is 0 Å². The van der Waals surface area contributed by atoms with Gasteiger partial charge in [-0.05, 0) is 55.4 Å². The molecule has 1 amide bonds. The van der Waals surface area contributed by atoms with E-state index in [1.54, 1.807) is 0 Å². The van der Waals surface area contributed by atoms with Gasteiger partial charge in [0.2, 0.25) is 5.91 Å². The average molecular weight is 260 g/mol. The molecule has 0 aliphatic heterocycles. The topological polar surface area (TPSA) is 41.1 Å². The number of anilines is 1. The lowest BCUT2D eigenvalue weighted by atomic mass is 10.1. The van der Waals surface area contributed by atoms with Crippen molar-refractivity contribution in [3.05, 3.63) is 29.3 Å². The van der Waals surface area contributed by atoms with E-state index in [1.165, 1.54) is 30.4 Å². The van der Waals surface area contributed by atoms with Gasteiger partial charge in [0.1, 0.15) is 0 Å².